The molecular formula is C27H32FN9O2. The number of guanidine groups is 1. The molecule has 2 aliphatic carbocycles. The summed E-state index contributed by atoms with van der Waals surface area (Å²) in [6, 6.07) is 3.42. The minimum Gasteiger partial charge on any atom is -0.342 e. The predicted molar refractivity (Wildman–Crippen MR) is 143 cm³/mol. The minimum absolute atomic E-state index is 0.0275. The van der Waals surface area contributed by atoms with Crippen LogP contribution in [0.2, 0.25) is 0 Å². The van der Waals surface area contributed by atoms with Crippen LogP contribution in [0.25, 0.3) is 11.3 Å². The average Bonchev–Trinajstić information content (AvgIpc) is 3.34. The van der Waals surface area contributed by atoms with E-state index in [4.69, 9.17) is 10.1 Å². The number of hydrogen-bond acceptors (Lipinski definition) is 9. The zero-order valence-electron chi connectivity index (χ0n) is 22.3. The number of nitrogens with one attached hydrogen (secondary N) is 1. The van der Waals surface area contributed by atoms with Crippen molar-refractivity contribution in [3.63, 3.8) is 0 Å². The Morgan fingerprint density at radius 2 is 1.90 bits per heavy atom. The Balaban J connectivity index is 1.08. The van der Waals surface area contributed by atoms with E-state index < -0.39 is 5.82 Å². The van der Waals surface area contributed by atoms with Gasteiger partial charge in [0.2, 0.25) is 17.8 Å². The Morgan fingerprint density at radius 3 is 2.62 bits per heavy atom. The third-order valence-corrected chi connectivity index (χ3v) is 9.13. The molecule has 1 N–H and O–H groups in total. The monoisotopic (exact) mass is 533 g/mol. The lowest BCUT2D eigenvalue weighted by Crippen LogP contribution is -2.56. The smallest absolute Gasteiger partial charge is 0.255 e. The van der Waals surface area contributed by atoms with Crippen LogP contribution in [0.4, 0.5) is 10.3 Å². The van der Waals surface area contributed by atoms with Gasteiger partial charge in [0.05, 0.1) is 17.6 Å². The topological polar surface area (TPSA) is 111 Å². The third-order valence-electron chi connectivity index (χ3n) is 9.13. The number of carbonyl (C=O) groups is 1. The lowest BCUT2D eigenvalue weighted by atomic mass is 9.99. The first kappa shape index (κ1) is 24.2. The van der Waals surface area contributed by atoms with Gasteiger partial charge in [-0.2, -0.15) is 5.10 Å². The van der Waals surface area contributed by atoms with Crippen LogP contribution in [0.1, 0.15) is 32.6 Å². The van der Waals surface area contributed by atoms with Crippen molar-refractivity contribution < 1.29 is 9.18 Å². The van der Waals surface area contributed by atoms with Gasteiger partial charge in [0.25, 0.3) is 5.56 Å². The van der Waals surface area contributed by atoms with Crippen molar-refractivity contribution in [1.29, 1.82) is 0 Å². The van der Waals surface area contributed by atoms with Crippen LogP contribution in [0.3, 0.4) is 0 Å². The molecule has 1 saturated heterocycles. The first-order valence-electron chi connectivity index (χ1n) is 13.7. The van der Waals surface area contributed by atoms with E-state index in [-0.39, 0.29) is 35.2 Å². The van der Waals surface area contributed by atoms with Gasteiger partial charge in [0.15, 0.2) is 12.0 Å². The Morgan fingerprint density at radius 1 is 1.15 bits per heavy atom. The van der Waals surface area contributed by atoms with Gasteiger partial charge in [-0.15, -0.1) is 0 Å². The lowest BCUT2D eigenvalue weighted by Gasteiger charge is -2.35. The summed E-state index contributed by atoms with van der Waals surface area (Å²) in [5.74, 6) is 0.962. The number of piperidine rings is 1. The number of amides is 1. The standard InChI is InChI=1S/C27H32FN9O2/c1-14-22-24(37(33-14)15-6-4-5-7-15)31-26(32-25(22)39)36-12-17-18(13-36)23(17)35(3)27-30-20(10-21(38)34(27)2)16-8-9-29-11-19(16)28/h8-11,15,17-18,22-24H,4-7,12-13H2,1-3H3,(H,31,32,39)/t17-,18+,22?,23+,24?. The Hall–Kier alpha value is -3.83. The highest BCUT2D eigenvalue weighted by Crippen LogP contribution is 2.49. The number of fused-ring (bicyclic) bond motifs is 2. The highest BCUT2D eigenvalue weighted by molar-refractivity contribution is 6.12. The van der Waals surface area contributed by atoms with Gasteiger partial charge in [0, 0.05) is 68.9 Å². The maximum Gasteiger partial charge on any atom is 0.255 e. The molecule has 12 heteroatoms. The fourth-order valence-electron chi connectivity index (χ4n) is 7.04. The van der Waals surface area contributed by atoms with E-state index in [1.54, 1.807) is 7.05 Å². The number of pyridine rings is 1. The van der Waals surface area contributed by atoms with Crippen molar-refractivity contribution in [2.45, 2.75) is 50.9 Å². The largest absolute Gasteiger partial charge is 0.342 e. The summed E-state index contributed by atoms with van der Waals surface area (Å²) in [4.78, 5) is 43.5. The van der Waals surface area contributed by atoms with Crippen molar-refractivity contribution in [2.24, 2.45) is 34.9 Å². The summed E-state index contributed by atoms with van der Waals surface area (Å²) in [5.41, 5.74) is 1.13. The first-order chi connectivity index (χ1) is 18.8. The number of nitrogens with zero attached hydrogens (tertiary/aromatic N) is 8. The SMILES string of the molecule is CC1=NN(C2CCCC2)C2N=C(N3C[C@@H]4[C@H](C3)[C@H]4N(C)c3nc(-c4ccncc4F)cc(=O)n3C)NC(=O)C12. The number of hydrazone groups is 1. The summed E-state index contributed by atoms with van der Waals surface area (Å²) in [7, 11) is 3.62. The Labute approximate surface area is 225 Å². The van der Waals surface area contributed by atoms with Crippen molar-refractivity contribution >= 4 is 23.5 Å². The van der Waals surface area contributed by atoms with Crippen molar-refractivity contribution in [2.75, 3.05) is 25.0 Å². The number of halogens is 1. The molecular weight excluding hydrogens is 501 g/mol. The predicted octanol–water partition coefficient (Wildman–Crippen LogP) is 1.41. The maximum atomic E-state index is 14.4. The van der Waals surface area contributed by atoms with Gasteiger partial charge in [-0.25, -0.2) is 14.4 Å². The summed E-state index contributed by atoms with van der Waals surface area (Å²) in [6.45, 7) is 3.44. The number of aliphatic imine (C=N–C) groups is 1. The molecule has 0 radical (unpaired) electrons. The lowest BCUT2D eigenvalue weighted by molar-refractivity contribution is -0.123. The number of carbonyl (C=O) groups excluding carboxylic acids is 1. The molecule has 11 nitrogen and oxygen atoms in total. The van der Waals surface area contributed by atoms with Gasteiger partial charge in [-0.3, -0.25) is 29.5 Å². The molecule has 2 aromatic heterocycles. The second kappa shape index (κ2) is 8.85. The number of likely N-dealkylation sites (tertiary alicyclic amines) is 1. The molecule has 1 amide bonds. The molecule has 2 unspecified atom stereocenters. The van der Waals surface area contributed by atoms with E-state index in [9.17, 15) is 14.0 Å². The van der Waals surface area contributed by atoms with Crippen molar-refractivity contribution in [3.05, 3.63) is 40.7 Å². The van der Waals surface area contributed by atoms with E-state index in [2.05, 4.69) is 25.2 Å². The molecule has 204 valence electrons. The molecule has 5 heterocycles. The summed E-state index contributed by atoms with van der Waals surface area (Å²) in [6.07, 6.45) is 6.94. The van der Waals surface area contributed by atoms with Gasteiger partial charge in [-0.05, 0) is 25.8 Å². The molecule has 2 aromatic rings. The molecule has 3 fully saturated rings. The first-order valence-corrected chi connectivity index (χ1v) is 13.7. The second-order valence-corrected chi connectivity index (χ2v) is 11.4. The molecule has 0 bridgehead atoms. The average molecular weight is 534 g/mol. The van der Waals surface area contributed by atoms with E-state index >= 15 is 0 Å². The zero-order chi connectivity index (χ0) is 27.0. The van der Waals surface area contributed by atoms with Gasteiger partial charge >= 0.3 is 0 Å². The molecule has 0 aromatic carbocycles. The zero-order valence-corrected chi connectivity index (χ0v) is 22.3. The van der Waals surface area contributed by atoms with E-state index in [1.807, 2.05) is 18.9 Å². The van der Waals surface area contributed by atoms with Crippen LogP contribution >= 0.6 is 0 Å². The highest BCUT2D eigenvalue weighted by atomic mass is 19.1. The van der Waals surface area contributed by atoms with Crippen LogP contribution in [0.15, 0.2) is 39.4 Å². The highest BCUT2D eigenvalue weighted by Gasteiger charge is 2.59. The van der Waals surface area contributed by atoms with Crippen LogP contribution < -0.4 is 15.8 Å². The van der Waals surface area contributed by atoms with Crippen molar-refractivity contribution in [1.82, 2.24) is 29.8 Å². The van der Waals surface area contributed by atoms with Crippen LogP contribution in [-0.4, -0.2) is 80.4 Å². The van der Waals surface area contributed by atoms with Crippen LogP contribution in [0, 0.1) is 23.6 Å². The quantitative estimate of drug-likeness (QED) is 0.633. The molecule has 5 aliphatic rings. The van der Waals surface area contributed by atoms with Gasteiger partial charge in [0.1, 0.15) is 5.92 Å². The van der Waals surface area contributed by atoms with E-state index in [0.29, 0.717) is 35.5 Å². The number of anilines is 1. The minimum atomic E-state index is -0.516. The Bertz CT molecular complexity index is 1450. The van der Waals surface area contributed by atoms with Crippen LogP contribution in [-0.2, 0) is 11.8 Å². The van der Waals surface area contributed by atoms with E-state index in [0.717, 1.165) is 37.8 Å². The fourth-order valence-corrected chi connectivity index (χ4v) is 7.04. The number of rotatable bonds is 4. The second-order valence-electron chi connectivity index (χ2n) is 11.4. The molecule has 39 heavy (non-hydrogen) atoms. The molecule has 3 aliphatic heterocycles. The van der Waals surface area contributed by atoms with Crippen LogP contribution in [0.5, 0.6) is 0 Å². The van der Waals surface area contributed by atoms with Crippen molar-refractivity contribution in [3.8, 4) is 11.3 Å². The molecule has 7 rings (SSSR count). The summed E-state index contributed by atoms with van der Waals surface area (Å²) >= 11 is 0. The molecule has 0 spiro atoms. The summed E-state index contributed by atoms with van der Waals surface area (Å²) < 4.78 is 15.9. The maximum absolute atomic E-state index is 14.4. The number of hydrogen-bond donors (Lipinski definition) is 1. The Kier molecular flexibility index (Phi) is 5.50. The third kappa shape index (κ3) is 3.82. The fraction of sp³-hybridized carbons (Fsp3) is 0.556. The van der Waals surface area contributed by atoms with E-state index in [1.165, 1.54) is 35.7 Å². The summed E-state index contributed by atoms with van der Waals surface area (Å²) in [5, 5.41) is 9.90. The molecule has 5 atom stereocenters. The van der Waals surface area contributed by atoms with Gasteiger partial charge < -0.3 is 9.80 Å². The normalized spacial score (nSPS) is 29.6. The number of aromatic nitrogens is 3. The van der Waals surface area contributed by atoms with Gasteiger partial charge in [-0.1, -0.05) is 12.8 Å². The molecule has 2 saturated carbocycles.